The second kappa shape index (κ2) is 4.99. The molecule has 1 unspecified atom stereocenters. The minimum absolute atomic E-state index is 0.338. The van der Waals surface area contributed by atoms with Crippen LogP contribution in [0.25, 0.3) is 11.0 Å². The Kier molecular flexibility index (Phi) is 3.63. The van der Waals surface area contributed by atoms with E-state index in [4.69, 9.17) is 11.6 Å². The second-order valence-electron chi connectivity index (χ2n) is 3.55. The van der Waals surface area contributed by atoms with Gasteiger partial charge in [-0.2, -0.15) is 0 Å². The van der Waals surface area contributed by atoms with Crippen molar-refractivity contribution in [3.63, 3.8) is 0 Å². The Bertz CT molecular complexity index is 500. The largest absolute Gasteiger partial charge is 0.311 e. The Balaban J connectivity index is 2.25. The van der Waals surface area contributed by atoms with Crippen molar-refractivity contribution < 1.29 is 0 Å². The Morgan fingerprint density at radius 2 is 2.50 bits per heavy atom. The fourth-order valence-corrected chi connectivity index (χ4v) is 2.56. The van der Waals surface area contributed by atoms with E-state index in [0.717, 1.165) is 17.2 Å². The number of rotatable bonds is 4. The third kappa shape index (κ3) is 2.29. The smallest absolute Gasteiger partial charge is 0.195 e. The first-order valence-electron chi connectivity index (χ1n) is 5.25. The van der Waals surface area contributed by atoms with Gasteiger partial charge in [0.15, 0.2) is 10.1 Å². The highest BCUT2D eigenvalue weighted by Crippen LogP contribution is 2.22. The molecule has 2 aromatic heterocycles. The van der Waals surface area contributed by atoms with Crippen molar-refractivity contribution in [2.45, 2.75) is 19.9 Å². The maximum Gasteiger partial charge on any atom is 0.195 e. The van der Waals surface area contributed by atoms with Crippen LogP contribution in [0, 0.1) is 0 Å². The Labute approximate surface area is 104 Å². The van der Waals surface area contributed by atoms with Crippen molar-refractivity contribution in [2.24, 2.45) is 0 Å². The molecule has 2 rings (SSSR count). The van der Waals surface area contributed by atoms with E-state index in [2.05, 4.69) is 30.2 Å². The van der Waals surface area contributed by atoms with Gasteiger partial charge in [0.1, 0.15) is 0 Å². The Hall–Kier alpha value is -0.840. The number of hydrogen-bond donors (Lipinski definition) is 1. The molecule has 0 spiro atoms. The standard InChI is InChI=1S/C11H14ClN3S/c1-3-13-8(2)4-5-9-10(12)14-11-15(9)6-7-16-11/h4-8,13H,3H2,1-2H3/b5-4+. The summed E-state index contributed by atoms with van der Waals surface area (Å²) in [5.41, 5.74) is 0.947. The molecule has 1 atom stereocenters. The van der Waals surface area contributed by atoms with Crippen LogP contribution >= 0.6 is 22.9 Å². The second-order valence-corrected chi connectivity index (χ2v) is 4.78. The average Bonchev–Trinajstić information content (AvgIpc) is 2.76. The van der Waals surface area contributed by atoms with Gasteiger partial charge in [-0.3, -0.25) is 4.40 Å². The summed E-state index contributed by atoms with van der Waals surface area (Å²) < 4.78 is 2.00. The highest BCUT2D eigenvalue weighted by Gasteiger charge is 2.08. The molecule has 0 amide bonds. The van der Waals surface area contributed by atoms with Gasteiger partial charge in [0.2, 0.25) is 0 Å². The van der Waals surface area contributed by atoms with Gasteiger partial charge in [0.05, 0.1) is 5.69 Å². The predicted molar refractivity (Wildman–Crippen MR) is 70.3 cm³/mol. The molecule has 0 saturated carbocycles. The summed E-state index contributed by atoms with van der Waals surface area (Å²) in [6.45, 7) is 5.16. The van der Waals surface area contributed by atoms with Gasteiger partial charge in [-0.05, 0) is 19.5 Å². The molecule has 0 aliphatic heterocycles. The summed E-state index contributed by atoms with van der Waals surface area (Å²) in [7, 11) is 0. The number of aromatic nitrogens is 2. The van der Waals surface area contributed by atoms with Crippen molar-refractivity contribution in [1.29, 1.82) is 0 Å². The molecule has 16 heavy (non-hydrogen) atoms. The lowest BCUT2D eigenvalue weighted by atomic mass is 10.3. The number of hydrogen-bond acceptors (Lipinski definition) is 3. The molecule has 86 valence electrons. The fraction of sp³-hybridized carbons (Fsp3) is 0.364. The molecule has 0 bridgehead atoms. The van der Waals surface area contributed by atoms with E-state index in [-0.39, 0.29) is 0 Å². The van der Waals surface area contributed by atoms with Crippen LogP contribution < -0.4 is 5.32 Å². The van der Waals surface area contributed by atoms with Crippen molar-refractivity contribution in [3.8, 4) is 0 Å². The van der Waals surface area contributed by atoms with Crippen molar-refractivity contribution >= 4 is 34.0 Å². The van der Waals surface area contributed by atoms with Crippen LogP contribution in [0.2, 0.25) is 5.15 Å². The van der Waals surface area contributed by atoms with Crippen LogP contribution in [0.5, 0.6) is 0 Å². The topological polar surface area (TPSA) is 29.3 Å². The van der Waals surface area contributed by atoms with Gasteiger partial charge in [0.25, 0.3) is 0 Å². The number of fused-ring (bicyclic) bond motifs is 1. The zero-order valence-electron chi connectivity index (χ0n) is 9.27. The Morgan fingerprint density at radius 3 is 3.25 bits per heavy atom. The molecule has 2 aromatic rings. The fourth-order valence-electron chi connectivity index (χ4n) is 1.55. The van der Waals surface area contributed by atoms with Crippen LogP contribution in [0.15, 0.2) is 17.7 Å². The van der Waals surface area contributed by atoms with Gasteiger partial charge in [0, 0.05) is 17.6 Å². The summed E-state index contributed by atoms with van der Waals surface area (Å²) in [6, 6.07) is 0.338. The first-order chi connectivity index (χ1) is 7.72. The molecule has 2 heterocycles. The van der Waals surface area contributed by atoms with Crippen LogP contribution in [0.4, 0.5) is 0 Å². The number of nitrogens with zero attached hydrogens (tertiary/aromatic N) is 2. The summed E-state index contributed by atoms with van der Waals surface area (Å²) in [4.78, 5) is 5.20. The van der Waals surface area contributed by atoms with Crippen LogP contribution in [0.3, 0.4) is 0 Å². The first kappa shape index (κ1) is 11.6. The van der Waals surface area contributed by atoms with Crippen LogP contribution in [-0.2, 0) is 0 Å². The predicted octanol–water partition coefficient (Wildman–Crippen LogP) is 3.06. The Morgan fingerprint density at radius 1 is 1.69 bits per heavy atom. The van der Waals surface area contributed by atoms with E-state index >= 15 is 0 Å². The quantitative estimate of drug-likeness (QED) is 0.910. The maximum absolute atomic E-state index is 6.07. The number of nitrogens with one attached hydrogen (secondary N) is 1. The van der Waals surface area contributed by atoms with E-state index in [0.29, 0.717) is 11.2 Å². The average molecular weight is 256 g/mol. The lowest BCUT2D eigenvalue weighted by Crippen LogP contribution is -2.22. The van der Waals surface area contributed by atoms with Gasteiger partial charge in [-0.1, -0.05) is 24.6 Å². The molecular formula is C11H14ClN3S. The van der Waals surface area contributed by atoms with Crippen LogP contribution in [0.1, 0.15) is 19.5 Å². The monoisotopic (exact) mass is 255 g/mol. The van der Waals surface area contributed by atoms with E-state index in [1.54, 1.807) is 11.3 Å². The van der Waals surface area contributed by atoms with E-state index in [9.17, 15) is 0 Å². The normalized spacial score (nSPS) is 13.9. The van der Waals surface area contributed by atoms with E-state index in [1.165, 1.54) is 0 Å². The maximum atomic E-state index is 6.07. The highest BCUT2D eigenvalue weighted by molar-refractivity contribution is 7.15. The lowest BCUT2D eigenvalue weighted by molar-refractivity contribution is 0.662. The molecular weight excluding hydrogens is 242 g/mol. The molecule has 3 nitrogen and oxygen atoms in total. The third-order valence-corrected chi connectivity index (χ3v) is 3.36. The molecule has 0 aromatic carbocycles. The van der Waals surface area contributed by atoms with Crippen LogP contribution in [-0.4, -0.2) is 22.0 Å². The zero-order valence-corrected chi connectivity index (χ0v) is 10.8. The molecule has 0 aliphatic rings. The number of halogens is 1. The van der Waals surface area contributed by atoms with Crippen molar-refractivity contribution in [3.05, 3.63) is 28.5 Å². The third-order valence-electron chi connectivity index (χ3n) is 2.32. The molecule has 0 saturated heterocycles. The SMILES string of the molecule is CCNC(C)/C=C/c1c(Cl)nc2sccn12. The first-order valence-corrected chi connectivity index (χ1v) is 6.50. The van der Waals surface area contributed by atoms with Gasteiger partial charge in [-0.25, -0.2) is 4.98 Å². The highest BCUT2D eigenvalue weighted by atomic mass is 35.5. The van der Waals surface area contributed by atoms with Gasteiger partial charge in [-0.15, -0.1) is 11.3 Å². The number of imidazole rings is 1. The van der Waals surface area contributed by atoms with Gasteiger partial charge >= 0.3 is 0 Å². The van der Waals surface area contributed by atoms with Gasteiger partial charge < -0.3 is 5.32 Å². The van der Waals surface area contributed by atoms with Crippen molar-refractivity contribution in [2.75, 3.05) is 6.54 Å². The van der Waals surface area contributed by atoms with E-state index in [1.807, 2.05) is 22.1 Å². The molecule has 1 N–H and O–H groups in total. The minimum Gasteiger partial charge on any atom is -0.311 e. The number of likely N-dealkylation sites (N-methyl/N-ethyl adjacent to an activating group) is 1. The lowest BCUT2D eigenvalue weighted by Gasteiger charge is -2.05. The number of thiazole rings is 1. The summed E-state index contributed by atoms with van der Waals surface area (Å²) >= 11 is 7.66. The summed E-state index contributed by atoms with van der Waals surface area (Å²) in [5.74, 6) is 0. The molecule has 5 heteroatoms. The van der Waals surface area contributed by atoms with Crippen molar-refractivity contribution in [1.82, 2.24) is 14.7 Å². The molecule has 0 aliphatic carbocycles. The molecule has 0 fully saturated rings. The summed E-state index contributed by atoms with van der Waals surface area (Å²) in [5, 5.41) is 5.88. The zero-order chi connectivity index (χ0) is 11.5. The molecule has 0 radical (unpaired) electrons. The minimum atomic E-state index is 0.338. The summed E-state index contributed by atoms with van der Waals surface area (Å²) in [6.07, 6.45) is 6.09. The van der Waals surface area contributed by atoms with E-state index < -0.39 is 0 Å².